The first-order valence-electron chi connectivity index (χ1n) is 7.90. The Labute approximate surface area is 143 Å². The van der Waals surface area contributed by atoms with Crippen molar-refractivity contribution in [1.82, 2.24) is 14.8 Å². The summed E-state index contributed by atoms with van der Waals surface area (Å²) in [4.78, 5) is 12.5. The van der Waals surface area contributed by atoms with Crippen molar-refractivity contribution in [1.29, 1.82) is 0 Å². The zero-order valence-corrected chi connectivity index (χ0v) is 14.3. The number of hydrogen-bond acceptors (Lipinski definition) is 6. The highest BCUT2D eigenvalue weighted by atomic mass is 32.2. The maximum absolute atomic E-state index is 12.5. The molecule has 2 aliphatic rings. The molecule has 1 aliphatic heterocycles. The monoisotopic (exact) mass is 346 g/mol. The topological polar surface area (TPSA) is 78.3 Å². The molecule has 2 heterocycles. The third kappa shape index (κ3) is 2.93. The molecule has 1 aromatic heterocycles. The van der Waals surface area contributed by atoms with Crippen LogP contribution < -0.4 is 14.8 Å². The summed E-state index contributed by atoms with van der Waals surface area (Å²) in [7, 11) is 0. The fourth-order valence-electron chi connectivity index (χ4n) is 2.61. The third-order valence-corrected chi connectivity index (χ3v) is 5.10. The summed E-state index contributed by atoms with van der Waals surface area (Å²) in [6.45, 7) is 4.04. The van der Waals surface area contributed by atoms with E-state index in [9.17, 15) is 4.79 Å². The number of hydrogen-bond donors (Lipinski definition) is 1. The average Bonchev–Trinajstić information content (AvgIpc) is 3.17. The van der Waals surface area contributed by atoms with E-state index in [4.69, 9.17) is 9.47 Å². The van der Waals surface area contributed by atoms with E-state index in [-0.39, 0.29) is 18.0 Å². The van der Waals surface area contributed by atoms with Crippen LogP contribution in [0.2, 0.25) is 0 Å². The SMILES string of the molecule is Cc1nnc(S[C@H](C)C(=O)Nc2ccc3c(c2)OCO3)n1C1CC1. The summed E-state index contributed by atoms with van der Waals surface area (Å²) < 4.78 is 12.7. The molecular formula is C16H18N4O3S. The Morgan fingerprint density at radius 2 is 2.12 bits per heavy atom. The van der Waals surface area contributed by atoms with Gasteiger partial charge in [-0.2, -0.15) is 0 Å². The van der Waals surface area contributed by atoms with Crippen LogP contribution in [0.15, 0.2) is 23.4 Å². The number of carbonyl (C=O) groups is 1. The number of carbonyl (C=O) groups excluding carboxylic acids is 1. The van der Waals surface area contributed by atoms with Crippen LogP contribution in [0.1, 0.15) is 31.6 Å². The van der Waals surface area contributed by atoms with Gasteiger partial charge in [0.25, 0.3) is 0 Å². The minimum Gasteiger partial charge on any atom is -0.454 e. The van der Waals surface area contributed by atoms with Gasteiger partial charge in [-0.3, -0.25) is 4.79 Å². The van der Waals surface area contributed by atoms with Gasteiger partial charge < -0.3 is 19.4 Å². The van der Waals surface area contributed by atoms with Crippen LogP contribution in [0.4, 0.5) is 5.69 Å². The molecule has 0 unspecified atom stereocenters. The summed E-state index contributed by atoms with van der Waals surface area (Å²) in [5, 5.41) is 11.8. The van der Waals surface area contributed by atoms with Gasteiger partial charge in [0, 0.05) is 17.8 Å². The van der Waals surface area contributed by atoms with E-state index in [1.807, 2.05) is 13.8 Å². The average molecular weight is 346 g/mol. The molecule has 2 aromatic rings. The molecule has 1 aromatic carbocycles. The number of thioether (sulfide) groups is 1. The number of amides is 1. The molecule has 8 heteroatoms. The molecule has 1 fully saturated rings. The van der Waals surface area contributed by atoms with Gasteiger partial charge in [0.1, 0.15) is 5.82 Å². The van der Waals surface area contributed by atoms with Crippen molar-refractivity contribution in [2.24, 2.45) is 0 Å². The number of ether oxygens (including phenoxy) is 2. The molecule has 1 saturated carbocycles. The van der Waals surface area contributed by atoms with Crippen LogP contribution in [-0.2, 0) is 4.79 Å². The van der Waals surface area contributed by atoms with Gasteiger partial charge in [-0.15, -0.1) is 10.2 Å². The smallest absolute Gasteiger partial charge is 0.237 e. The molecule has 1 aliphatic carbocycles. The number of aromatic nitrogens is 3. The molecular weight excluding hydrogens is 328 g/mol. The van der Waals surface area contributed by atoms with Crippen molar-refractivity contribution in [2.45, 2.75) is 43.1 Å². The number of aryl methyl sites for hydroxylation is 1. The minimum absolute atomic E-state index is 0.0816. The summed E-state index contributed by atoms with van der Waals surface area (Å²) >= 11 is 1.43. The summed E-state index contributed by atoms with van der Waals surface area (Å²) in [6.07, 6.45) is 2.31. The van der Waals surface area contributed by atoms with Gasteiger partial charge in [-0.25, -0.2) is 0 Å². The second-order valence-electron chi connectivity index (χ2n) is 5.95. The first kappa shape index (κ1) is 15.3. The molecule has 1 atom stereocenters. The largest absolute Gasteiger partial charge is 0.454 e. The molecule has 0 spiro atoms. The lowest BCUT2D eigenvalue weighted by atomic mass is 10.2. The predicted octanol–water partition coefficient (Wildman–Crippen LogP) is 2.77. The first-order chi connectivity index (χ1) is 11.6. The Kier molecular flexibility index (Phi) is 3.84. The van der Waals surface area contributed by atoms with Gasteiger partial charge in [0.15, 0.2) is 16.7 Å². The van der Waals surface area contributed by atoms with Crippen LogP contribution >= 0.6 is 11.8 Å². The van der Waals surface area contributed by atoms with Crippen molar-refractivity contribution >= 4 is 23.4 Å². The van der Waals surface area contributed by atoms with Gasteiger partial charge in [0.2, 0.25) is 12.7 Å². The number of rotatable bonds is 5. The predicted molar refractivity (Wildman–Crippen MR) is 89.5 cm³/mol. The Hall–Kier alpha value is -2.22. The van der Waals surface area contributed by atoms with E-state index in [1.54, 1.807) is 18.2 Å². The molecule has 0 saturated heterocycles. The normalized spacial score (nSPS) is 16.9. The van der Waals surface area contributed by atoms with E-state index in [2.05, 4.69) is 20.1 Å². The fraction of sp³-hybridized carbons (Fsp3) is 0.438. The standard InChI is InChI=1S/C16H18N4O3S/c1-9(24-16-19-18-10(2)20(16)12-4-5-12)15(21)17-11-3-6-13-14(7-11)23-8-22-13/h3,6-7,9,12H,4-5,8H2,1-2H3,(H,17,21)/t9-/m1/s1. The van der Waals surface area contributed by atoms with Gasteiger partial charge in [-0.1, -0.05) is 11.8 Å². The summed E-state index contributed by atoms with van der Waals surface area (Å²) in [6, 6.07) is 5.86. The van der Waals surface area contributed by atoms with E-state index in [0.717, 1.165) is 23.8 Å². The molecule has 1 N–H and O–H groups in total. The Balaban J connectivity index is 1.43. The zero-order valence-electron chi connectivity index (χ0n) is 13.5. The maximum Gasteiger partial charge on any atom is 0.237 e. The highest BCUT2D eigenvalue weighted by molar-refractivity contribution is 8.00. The highest BCUT2D eigenvalue weighted by Crippen LogP contribution is 2.39. The lowest BCUT2D eigenvalue weighted by molar-refractivity contribution is -0.115. The number of fused-ring (bicyclic) bond motifs is 1. The van der Waals surface area contributed by atoms with Crippen LogP contribution in [0.5, 0.6) is 11.5 Å². The Morgan fingerprint density at radius 3 is 2.92 bits per heavy atom. The second-order valence-corrected chi connectivity index (χ2v) is 7.26. The number of anilines is 1. The summed E-state index contributed by atoms with van der Waals surface area (Å²) in [5.74, 6) is 2.17. The molecule has 0 radical (unpaired) electrons. The van der Waals surface area contributed by atoms with Crippen molar-refractivity contribution in [3.8, 4) is 11.5 Å². The Bertz CT molecular complexity index is 788. The zero-order chi connectivity index (χ0) is 16.7. The maximum atomic E-state index is 12.5. The van der Waals surface area contributed by atoms with Crippen molar-refractivity contribution in [2.75, 3.05) is 12.1 Å². The lowest BCUT2D eigenvalue weighted by Gasteiger charge is -2.13. The van der Waals surface area contributed by atoms with Crippen LogP contribution in [-0.4, -0.2) is 32.7 Å². The quantitative estimate of drug-likeness (QED) is 0.839. The van der Waals surface area contributed by atoms with Gasteiger partial charge in [0.05, 0.1) is 5.25 Å². The van der Waals surface area contributed by atoms with E-state index in [0.29, 0.717) is 23.2 Å². The fourth-order valence-corrected chi connectivity index (χ4v) is 3.58. The molecule has 24 heavy (non-hydrogen) atoms. The first-order valence-corrected chi connectivity index (χ1v) is 8.78. The molecule has 1 amide bonds. The van der Waals surface area contributed by atoms with Crippen molar-refractivity contribution in [3.05, 3.63) is 24.0 Å². The minimum atomic E-state index is -0.281. The molecule has 126 valence electrons. The molecule has 0 bridgehead atoms. The molecule has 4 rings (SSSR count). The van der Waals surface area contributed by atoms with Gasteiger partial charge in [-0.05, 0) is 38.8 Å². The van der Waals surface area contributed by atoms with Crippen LogP contribution in [0.3, 0.4) is 0 Å². The number of benzene rings is 1. The Morgan fingerprint density at radius 1 is 1.33 bits per heavy atom. The summed E-state index contributed by atoms with van der Waals surface area (Å²) in [5.41, 5.74) is 0.691. The third-order valence-electron chi connectivity index (χ3n) is 4.04. The number of nitrogens with one attached hydrogen (secondary N) is 1. The highest BCUT2D eigenvalue weighted by Gasteiger charge is 2.30. The van der Waals surface area contributed by atoms with Crippen LogP contribution in [0, 0.1) is 6.92 Å². The molecule has 7 nitrogen and oxygen atoms in total. The lowest BCUT2D eigenvalue weighted by Crippen LogP contribution is -2.23. The van der Waals surface area contributed by atoms with E-state index >= 15 is 0 Å². The van der Waals surface area contributed by atoms with E-state index < -0.39 is 0 Å². The van der Waals surface area contributed by atoms with Crippen molar-refractivity contribution in [3.63, 3.8) is 0 Å². The van der Waals surface area contributed by atoms with Gasteiger partial charge >= 0.3 is 0 Å². The van der Waals surface area contributed by atoms with Crippen molar-refractivity contribution < 1.29 is 14.3 Å². The van der Waals surface area contributed by atoms with E-state index in [1.165, 1.54) is 11.8 Å². The second kappa shape index (κ2) is 6.01. The number of nitrogens with zero attached hydrogens (tertiary/aromatic N) is 3. The van der Waals surface area contributed by atoms with Crippen LogP contribution in [0.25, 0.3) is 0 Å².